The summed E-state index contributed by atoms with van der Waals surface area (Å²) in [4.78, 5) is 11.9. The normalized spacial score (nSPS) is 15.3. The molecule has 1 aliphatic carbocycles. The first-order valence-electron chi connectivity index (χ1n) is 10.4. The molecule has 0 radical (unpaired) electrons. The number of ether oxygens (including phenoxy) is 1. The molecule has 2 aromatic rings. The van der Waals surface area contributed by atoms with Crippen LogP contribution in [-0.2, 0) is 22.3 Å². The van der Waals surface area contributed by atoms with Crippen LogP contribution in [0.4, 0.5) is 18.9 Å². The van der Waals surface area contributed by atoms with Crippen molar-refractivity contribution in [1.82, 2.24) is 14.8 Å². The second-order valence-electron chi connectivity index (χ2n) is 7.82. The highest BCUT2D eigenvalue weighted by Crippen LogP contribution is 2.33. The van der Waals surface area contributed by atoms with E-state index in [1.165, 1.54) is 24.2 Å². The fourth-order valence-corrected chi connectivity index (χ4v) is 4.45. The first kappa shape index (κ1) is 23.4. The van der Waals surface area contributed by atoms with Crippen molar-refractivity contribution >= 4 is 23.4 Å². The van der Waals surface area contributed by atoms with Crippen molar-refractivity contribution in [3.8, 4) is 0 Å². The van der Waals surface area contributed by atoms with E-state index in [9.17, 15) is 18.0 Å². The molecule has 10 heteroatoms. The summed E-state index contributed by atoms with van der Waals surface area (Å²) in [7, 11) is 0. The van der Waals surface area contributed by atoms with Crippen LogP contribution in [0.15, 0.2) is 29.4 Å². The molecular formula is C21H27F3N4O2S. The van der Waals surface area contributed by atoms with Gasteiger partial charge in [0.2, 0.25) is 0 Å². The number of thioether (sulfide) groups is 1. The zero-order chi connectivity index (χ0) is 22.4. The number of carbonyl (C=O) groups is 1. The van der Waals surface area contributed by atoms with Gasteiger partial charge in [-0.3, -0.25) is 4.79 Å². The van der Waals surface area contributed by atoms with Crippen LogP contribution in [0.3, 0.4) is 0 Å². The van der Waals surface area contributed by atoms with Crippen molar-refractivity contribution in [2.75, 3.05) is 11.1 Å². The molecule has 1 fully saturated rings. The van der Waals surface area contributed by atoms with Gasteiger partial charge in [-0.2, -0.15) is 13.2 Å². The molecule has 0 aliphatic heterocycles. The van der Waals surface area contributed by atoms with E-state index in [1.54, 1.807) is 19.9 Å². The molecule has 1 N–H and O–H groups in total. The summed E-state index contributed by atoms with van der Waals surface area (Å²) < 4.78 is 46.1. The molecule has 0 unspecified atom stereocenters. The van der Waals surface area contributed by atoms with E-state index in [2.05, 4.69) is 15.5 Å². The monoisotopic (exact) mass is 456 g/mol. The van der Waals surface area contributed by atoms with E-state index in [1.807, 2.05) is 4.57 Å². The first-order chi connectivity index (χ1) is 14.7. The lowest BCUT2D eigenvalue weighted by atomic mass is 9.95. The highest BCUT2D eigenvalue weighted by atomic mass is 32.2. The Kier molecular flexibility index (Phi) is 7.85. The summed E-state index contributed by atoms with van der Waals surface area (Å²) >= 11 is 1.28. The van der Waals surface area contributed by atoms with E-state index >= 15 is 0 Å². The SMILES string of the molecule is CC(C)OC(=O)CSc1nnc(CNc2cccc(C(F)(F)F)c2)n1C1CCCCC1. The lowest BCUT2D eigenvalue weighted by Gasteiger charge is -2.25. The van der Waals surface area contributed by atoms with Crippen LogP contribution < -0.4 is 5.32 Å². The van der Waals surface area contributed by atoms with E-state index in [-0.39, 0.29) is 30.4 Å². The number of benzene rings is 1. The Balaban J connectivity index is 1.75. The number of nitrogens with one attached hydrogen (secondary N) is 1. The van der Waals surface area contributed by atoms with Gasteiger partial charge in [-0.1, -0.05) is 37.1 Å². The van der Waals surface area contributed by atoms with Gasteiger partial charge in [0.05, 0.1) is 24.0 Å². The molecule has 1 aliphatic rings. The van der Waals surface area contributed by atoms with Crippen molar-refractivity contribution in [2.24, 2.45) is 0 Å². The lowest BCUT2D eigenvalue weighted by molar-refractivity contribution is -0.144. The Morgan fingerprint density at radius 2 is 2.00 bits per heavy atom. The Morgan fingerprint density at radius 1 is 1.26 bits per heavy atom. The molecule has 1 saturated carbocycles. The number of hydrogen-bond acceptors (Lipinski definition) is 6. The van der Waals surface area contributed by atoms with Crippen LogP contribution in [0.25, 0.3) is 0 Å². The zero-order valence-corrected chi connectivity index (χ0v) is 18.4. The largest absolute Gasteiger partial charge is 0.462 e. The molecule has 0 atom stereocenters. The van der Waals surface area contributed by atoms with Gasteiger partial charge in [0.15, 0.2) is 11.0 Å². The van der Waals surface area contributed by atoms with E-state index in [0.29, 0.717) is 16.7 Å². The summed E-state index contributed by atoms with van der Waals surface area (Å²) in [5.74, 6) is 0.454. The van der Waals surface area contributed by atoms with Gasteiger partial charge in [-0.15, -0.1) is 10.2 Å². The van der Waals surface area contributed by atoms with E-state index in [4.69, 9.17) is 4.74 Å². The zero-order valence-electron chi connectivity index (χ0n) is 17.6. The summed E-state index contributed by atoms with van der Waals surface area (Å²) in [6.07, 6.45) is 0.771. The molecule has 1 aromatic carbocycles. The van der Waals surface area contributed by atoms with Crippen molar-refractivity contribution in [3.63, 3.8) is 0 Å². The standard InChI is InChI=1S/C21H27F3N4O2S/c1-14(2)30-19(29)13-31-20-27-26-18(28(20)17-9-4-3-5-10-17)12-25-16-8-6-7-15(11-16)21(22,23)24/h6-8,11,14,17,25H,3-5,9-10,12-13H2,1-2H3. The van der Waals surface area contributed by atoms with Gasteiger partial charge >= 0.3 is 12.1 Å². The predicted octanol–water partition coefficient (Wildman–Crippen LogP) is 5.46. The third-order valence-corrected chi connectivity index (χ3v) is 5.92. The number of rotatable bonds is 8. The minimum Gasteiger partial charge on any atom is -0.462 e. The maximum atomic E-state index is 13.0. The maximum absolute atomic E-state index is 13.0. The second-order valence-corrected chi connectivity index (χ2v) is 8.76. The average molecular weight is 457 g/mol. The van der Waals surface area contributed by atoms with Gasteiger partial charge in [0.1, 0.15) is 0 Å². The third kappa shape index (κ3) is 6.62. The van der Waals surface area contributed by atoms with Crippen LogP contribution in [-0.4, -0.2) is 32.6 Å². The van der Waals surface area contributed by atoms with E-state index < -0.39 is 11.7 Å². The number of aromatic nitrogens is 3. The fourth-order valence-electron chi connectivity index (χ4n) is 3.64. The molecule has 1 aromatic heterocycles. The molecule has 0 saturated heterocycles. The maximum Gasteiger partial charge on any atom is 0.416 e. The fraction of sp³-hybridized carbons (Fsp3) is 0.571. The number of halogens is 3. The smallest absolute Gasteiger partial charge is 0.416 e. The highest BCUT2D eigenvalue weighted by molar-refractivity contribution is 7.99. The first-order valence-corrected chi connectivity index (χ1v) is 11.4. The lowest BCUT2D eigenvalue weighted by Crippen LogP contribution is -2.19. The molecule has 1 heterocycles. The Labute approximate surface area is 183 Å². The summed E-state index contributed by atoms with van der Waals surface area (Å²) in [6.45, 7) is 3.83. The van der Waals surface area contributed by atoms with Gasteiger partial charge in [-0.25, -0.2) is 0 Å². The van der Waals surface area contributed by atoms with E-state index in [0.717, 1.165) is 37.8 Å². The number of hydrogen-bond donors (Lipinski definition) is 1. The topological polar surface area (TPSA) is 69.0 Å². The van der Waals surface area contributed by atoms with Crippen molar-refractivity contribution in [2.45, 2.75) is 76.0 Å². The molecule has 0 spiro atoms. The number of esters is 1. The van der Waals surface area contributed by atoms with Crippen LogP contribution >= 0.6 is 11.8 Å². The molecule has 0 bridgehead atoms. The molecule has 31 heavy (non-hydrogen) atoms. The number of carbonyl (C=O) groups excluding carboxylic acids is 1. The number of alkyl halides is 3. The van der Waals surface area contributed by atoms with Gasteiger partial charge in [-0.05, 0) is 44.9 Å². The number of nitrogens with zero attached hydrogens (tertiary/aromatic N) is 3. The summed E-state index contributed by atoms with van der Waals surface area (Å²) in [5.41, 5.74) is -0.339. The van der Waals surface area contributed by atoms with Gasteiger partial charge in [0.25, 0.3) is 0 Å². The van der Waals surface area contributed by atoms with Crippen LogP contribution in [0.1, 0.15) is 63.4 Å². The van der Waals surface area contributed by atoms with Crippen molar-refractivity contribution in [3.05, 3.63) is 35.7 Å². The Hall–Kier alpha value is -2.23. The summed E-state index contributed by atoms with van der Waals surface area (Å²) in [5, 5.41) is 12.2. The molecule has 6 nitrogen and oxygen atoms in total. The average Bonchev–Trinajstić information content (AvgIpc) is 3.13. The third-order valence-electron chi connectivity index (χ3n) is 5.00. The van der Waals surface area contributed by atoms with Crippen molar-refractivity contribution < 1.29 is 22.7 Å². The Bertz CT molecular complexity index is 880. The minimum atomic E-state index is -4.39. The predicted molar refractivity (Wildman–Crippen MR) is 113 cm³/mol. The van der Waals surface area contributed by atoms with Crippen LogP contribution in [0.2, 0.25) is 0 Å². The summed E-state index contributed by atoms with van der Waals surface area (Å²) in [6, 6.07) is 5.30. The second kappa shape index (κ2) is 10.4. The van der Waals surface area contributed by atoms with Crippen molar-refractivity contribution in [1.29, 1.82) is 0 Å². The van der Waals surface area contributed by atoms with Crippen LogP contribution in [0, 0.1) is 0 Å². The molecule has 0 amide bonds. The Morgan fingerprint density at radius 3 is 2.68 bits per heavy atom. The van der Waals surface area contributed by atoms with Gasteiger partial charge < -0.3 is 14.6 Å². The highest BCUT2D eigenvalue weighted by Gasteiger charge is 2.30. The molecular weight excluding hydrogens is 429 g/mol. The minimum absolute atomic E-state index is 0.129. The number of anilines is 1. The van der Waals surface area contributed by atoms with Crippen LogP contribution in [0.5, 0.6) is 0 Å². The van der Waals surface area contributed by atoms with Gasteiger partial charge in [0, 0.05) is 11.7 Å². The molecule has 170 valence electrons. The molecule has 3 rings (SSSR count). The quantitative estimate of drug-likeness (QED) is 0.420.